The van der Waals surface area contributed by atoms with Gasteiger partial charge in [0.2, 0.25) is 0 Å². The van der Waals surface area contributed by atoms with Crippen LogP contribution >= 0.6 is 12.2 Å². The van der Waals surface area contributed by atoms with Crippen LogP contribution in [0.3, 0.4) is 0 Å². The molecule has 0 unspecified atom stereocenters. The van der Waals surface area contributed by atoms with Crippen molar-refractivity contribution >= 4 is 51.9 Å². The van der Waals surface area contributed by atoms with E-state index in [1.165, 1.54) is 72.8 Å². The van der Waals surface area contributed by atoms with Gasteiger partial charge in [-0.25, -0.2) is 0 Å². The number of thiocarbonyl (C=S) groups is 1. The summed E-state index contributed by atoms with van der Waals surface area (Å²) in [5, 5.41) is 26.8. The molecule has 0 saturated heterocycles. The maximum absolute atomic E-state index is 12.3. The summed E-state index contributed by atoms with van der Waals surface area (Å²) in [5.41, 5.74) is 6.16. The molecular formula is C21H16N6O6S. The van der Waals surface area contributed by atoms with Gasteiger partial charge in [-0.05, 0) is 60.7 Å². The Morgan fingerprint density at radius 1 is 0.618 bits per heavy atom. The molecule has 3 aromatic carbocycles. The first-order chi connectivity index (χ1) is 16.2. The van der Waals surface area contributed by atoms with E-state index in [1.807, 2.05) is 0 Å². The Kier molecular flexibility index (Phi) is 7.41. The molecular weight excluding hydrogens is 464 g/mol. The van der Waals surface area contributed by atoms with Crippen LogP contribution in [0.1, 0.15) is 20.7 Å². The van der Waals surface area contributed by atoms with Gasteiger partial charge in [-0.1, -0.05) is 0 Å². The summed E-state index contributed by atoms with van der Waals surface area (Å²) in [6.07, 6.45) is 0. The summed E-state index contributed by atoms with van der Waals surface area (Å²) in [5.74, 6) is -0.961. The van der Waals surface area contributed by atoms with Gasteiger partial charge in [0.1, 0.15) is 0 Å². The van der Waals surface area contributed by atoms with Crippen molar-refractivity contribution in [3.8, 4) is 0 Å². The number of nitrogens with zero attached hydrogens (tertiary/aromatic N) is 2. The van der Waals surface area contributed by atoms with Crippen LogP contribution in [0, 0.1) is 20.2 Å². The fraction of sp³-hybridized carbons (Fsp3) is 0. The van der Waals surface area contributed by atoms with Gasteiger partial charge in [0.15, 0.2) is 5.11 Å². The SMILES string of the molecule is O=C(NNC(=S)Nc1ccc([N+](=O)[O-])cc1)c1ccc(NC(=O)c2ccc([N+](=O)[O-])cc2)cc1. The molecule has 3 aromatic rings. The van der Waals surface area contributed by atoms with E-state index in [2.05, 4.69) is 21.5 Å². The molecule has 0 aromatic heterocycles. The highest BCUT2D eigenvalue weighted by molar-refractivity contribution is 7.80. The highest BCUT2D eigenvalue weighted by atomic mass is 32.1. The summed E-state index contributed by atoms with van der Waals surface area (Å²) < 4.78 is 0. The fourth-order valence-corrected chi connectivity index (χ4v) is 2.83. The van der Waals surface area contributed by atoms with Gasteiger partial charge in [-0.15, -0.1) is 0 Å². The average Bonchev–Trinajstić information content (AvgIpc) is 2.83. The van der Waals surface area contributed by atoms with Crippen molar-refractivity contribution in [2.24, 2.45) is 0 Å². The molecule has 0 aliphatic rings. The Labute approximate surface area is 197 Å². The van der Waals surface area contributed by atoms with Crippen molar-refractivity contribution in [1.29, 1.82) is 0 Å². The Morgan fingerprint density at radius 2 is 1.03 bits per heavy atom. The number of nitrogens with one attached hydrogen (secondary N) is 4. The lowest BCUT2D eigenvalue weighted by Crippen LogP contribution is -2.43. The minimum atomic E-state index is -0.557. The molecule has 34 heavy (non-hydrogen) atoms. The molecule has 4 N–H and O–H groups in total. The van der Waals surface area contributed by atoms with Gasteiger partial charge < -0.3 is 10.6 Å². The molecule has 12 nitrogen and oxygen atoms in total. The summed E-state index contributed by atoms with van der Waals surface area (Å²) in [4.78, 5) is 44.8. The number of benzene rings is 3. The van der Waals surface area contributed by atoms with Crippen LogP contribution in [0.2, 0.25) is 0 Å². The van der Waals surface area contributed by atoms with Gasteiger partial charge in [-0.3, -0.25) is 40.7 Å². The lowest BCUT2D eigenvalue weighted by atomic mass is 10.1. The van der Waals surface area contributed by atoms with Crippen LogP contribution in [0.15, 0.2) is 72.8 Å². The molecule has 0 heterocycles. The number of anilines is 2. The van der Waals surface area contributed by atoms with Crippen LogP contribution in [0.5, 0.6) is 0 Å². The van der Waals surface area contributed by atoms with E-state index in [4.69, 9.17) is 12.2 Å². The molecule has 0 spiro atoms. The number of hydrazine groups is 1. The molecule has 172 valence electrons. The largest absolute Gasteiger partial charge is 0.331 e. The number of non-ortho nitro benzene ring substituents is 2. The highest BCUT2D eigenvalue weighted by Crippen LogP contribution is 2.16. The number of amides is 2. The Hall–Kier alpha value is -4.91. The van der Waals surface area contributed by atoms with Crippen molar-refractivity contribution < 1.29 is 19.4 Å². The quantitative estimate of drug-likeness (QED) is 0.235. The van der Waals surface area contributed by atoms with E-state index in [0.717, 1.165) is 0 Å². The fourth-order valence-electron chi connectivity index (χ4n) is 2.66. The summed E-state index contributed by atoms with van der Waals surface area (Å²) in [6, 6.07) is 16.7. The zero-order valence-electron chi connectivity index (χ0n) is 17.2. The molecule has 0 bridgehead atoms. The van der Waals surface area contributed by atoms with Crippen molar-refractivity contribution in [3.63, 3.8) is 0 Å². The van der Waals surface area contributed by atoms with Crippen LogP contribution in [0.4, 0.5) is 22.7 Å². The van der Waals surface area contributed by atoms with Crippen LogP contribution in [-0.4, -0.2) is 26.8 Å². The first-order valence-electron chi connectivity index (χ1n) is 9.50. The highest BCUT2D eigenvalue weighted by Gasteiger charge is 2.11. The molecule has 0 radical (unpaired) electrons. The van der Waals surface area contributed by atoms with E-state index >= 15 is 0 Å². The second-order valence-corrected chi connectivity index (χ2v) is 7.08. The lowest BCUT2D eigenvalue weighted by molar-refractivity contribution is -0.385. The summed E-state index contributed by atoms with van der Waals surface area (Å²) in [6.45, 7) is 0. The molecule has 0 aliphatic carbocycles. The predicted molar refractivity (Wildman–Crippen MR) is 127 cm³/mol. The van der Waals surface area contributed by atoms with E-state index in [0.29, 0.717) is 11.4 Å². The maximum Gasteiger partial charge on any atom is 0.269 e. The third kappa shape index (κ3) is 6.30. The second-order valence-electron chi connectivity index (χ2n) is 6.67. The monoisotopic (exact) mass is 480 g/mol. The van der Waals surface area contributed by atoms with E-state index in [9.17, 15) is 29.8 Å². The zero-order chi connectivity index (χ0) is 24.7. The number of carbonyl (C=O) groups is 2. The predicted octanol–water partition coefficient (Wildman–Crippen LogP) is 3.39. The summed E-state index contributed by atoms with van der Waals surface area (Å²) in [7, 11) is 0. The van der Waals surface area contributed by atoms with Crippen molar-refractivity contribution in [1.82, 2.24) is 10.9 Å². The van der Waals surface area contributed by atoms with Gasteiger partial charge in [0, 0.05) is 46.8 Å². The first kappa shape index (κ1) is 23.7. The average molecular weight is 480 g/mol. The van der Waals surface area contributed by atoms with Crippen LogP contribution < -0.4 is 21.5 Å². The first-order valence-corrected chi connectivity index (χ1v) is 9.91. The smallest absolute Gasteiger partial charge is 0.269 e. The molecule has 0 atom stereocenters. The minimum absolute atomic E-state index is 0.0641. The van der Waals surface area contributed by atoms with Gasteiger partial charge in [-0.2, -0.15) is 0 Å². The van der Waals surface area contributed by atoms with E-state index in [1.54, 1.807) is 0 Å². The summed E-state index contributed by atoms with van der Waals surface area (Å²) >= 11 is 5.07. The Morgan fingerprint density at radius 3 is 1.56 bits per heavy atom. The Bertz CT molecular complexity index is 1250. The molecule has 3 rings (SSSR count). The van der Waals surface area contributed by atoms with Gasteiger partial charge >= 0.3 is 0 Å². The number of hydrogen-bond acceptors (Lipinski definition) is 7. The maximum atomic E-state index is 12.3. The third-order valence-electron chi connectivity index (χ3n) is 4.37. The van der Waals surface area contributed by atoms with Crippen molar-refractivity contribution in [2.45, 2.75) is 0 Å². The van der Waals surface area contributed by atoms with Gasteiger partial charge in [0.25, 0.3) is 23.2 Å². The number of nitro benzene ring substituents is 2. The van der Waals surface area contributed by atoms with E-state index < -0.39 is 21.7 Å². The normalized spacial score (nSPS) is 10.0. The van der Waals surface area contributed by atoms with Crippen molar-refractivity contribution in [2.75, 3.05) is 10.6 Å². The van der Waals surface area contributed by atoms with E-state index in [-0.39, 0.29) is 27.6 Å². The van der Waals surface area contributed by atoms with Crippen LogP contribution in [0.25, 0.3) is 0 Å². The van der Waals surface area contributed by atoms with Crippen LogP contribution in [-0.2, 0) is 0 Å². The lowest BCUT2D eigenvalue weighted by Gasteiger charge is -2.12. The molecule has 0 saturated carbocycles. The van der Waals surface area contributed by atoms with Gasteiger partial charge in [0.05, 0.1) is 9.85 Å². The number of hydrogen-bond donors (Lipinski definition) is 4. The topological polar surface area (TPSA) is 169 Å². The second kappa shape index (κ2) is 10.6. The van der Waals surface area contributed by atoms with Crippen molar-refractivity contribution in [3.05, 3.63) is 104 Å². The standard InChI is InChI=1S/C21H16N6O6S/c28-19(13-3-9-17(10-4-13)26(30)31)22-15-5-1-14(2-6-15)20(29)24-25-21(34)23-16-7-11-18(12-8-16)27(32)33/h1-12H,(H,22,28)(H,24,29)(H2,23,25,34). The molecule has 0 fully saturated rings. The number of nitro groups is 2. The number of rotatable bonds is 6. The minimum Gasteiger partial charge on any atom is -0.331 e. The molecule has 13 heteroatoms. The Balaban J connectivity index is 1.50. The third-order valence-corrected chi connectivity index (χ3v) is 4.57. The molecule has 0 aliphatic heterocycles. The number of carbonyl (C=O) groups excluding carboxylic acids is 2. The molecule has 2 amide bonds. The zero-order valence-corrected chi connectivity index (χ0v) is 18.0.